The third-order valence-corrected chi connectivity index (χ3v) is 6.90. The van der Waals surface area contributed by atoms with Crippen molar-refractivity contribution in [3.8, 4) is 0 Å². The smallest absolute Gasteiger partial charge is 0.394 e. The van der Waals surface area contributed by atoms with Crippen molar-refractivity contribution in [3.63, 3.8) is 0 Å². The number of urea groups is 1. The second kappa shape index (κ2) is 25.0. The number of nitrogens with one attached hydrogen (secondary N) is 8. The van der Waals surface area contributed by atoms with E-state index in [2.05, 4.69) is 42.2 Å². The molecular formula is C25H48N14O16S2. The van der Waals surface area contributed by atoms with Gasteiger partial charge in [0.25, 0.3) is 5.91 Å². The lowest BCUT2D eigenvalue weighted by Crippen LogP contribution is -2.64. The fraction of sp³-hybridized carbons (Fsp3) is 0.600. The predicted octanol–water partition coefficient (Wildman–Crippen LogP) is -9.54. The van der Waals surface area contributed by atoms with E-state index >= 15 is 0 Å². The molecule has 2 rings (SSSR count). The number of primary amides is 1. The molecule has 0 radical (unpaired) electrons. The van der Waals surface area contributed by atoms with E-state index in [1.54, 1.807) is 0 Å². The van der Waals surface area contributed by atoms with Crippen molar-refractivity contribution in [2.75, 3.05) is 32.8 Å². The summed E-state index contributed by atoms with van der Waals surface area (Å²) in [6.07, 6.45) is 1.86. The Bertz CT molecular complexity index is 1670. The number of nitrogens with two attached hydrogens (primary N) is 5. The molecule has 0 saturated carbocycles. The van der Waals surface area contributed by atoms with Gasteiger partial charge in [0.05, 0.1) is 12.6 Å². The first-order valence-electron chi connectivity index (χ1n) is 16.1. The molecule has 2 heterocycles. The van der Waals surface area contributed by atoms with Crippen LogP contribution < -0.4 is 71.2 Å². The fourth-order valence-electron chi connectivity index (χ4n) is 4.35. The largest absolute Gasteiger partial charge is 0.394 e. The van der Waals surface area contributed by atoms with Gasteiger partial charge in [0.1, 0.15) is 29.9 Å². The average molecular weight is 865 g/mol. The molecule has 1 fully saturated rings. The topological polar surface area (TPSA) is 528 Å². The minimum Gasteiger partial charge on any atom is -0.394 e. The number of guanidine groups is 1. The third-order valence-electron chi connectivity index (χ3n) is 6.90. The van der Waals surface area contributed by atoms with Gasteiger partial charge in [-0.25, -0.2) is 4.79 Å². The Morgan fingerprint density at radius 1 is 0.912 bits per heavy atom. The number of rotatable bonds is 10. The Balaban J connectivity index is 0.00000277. The minimum absolute atomic E-state index is 0.0120. The molecule has 32 heteroatoms. The molecular weight excluding hydrogens is 816 g/mol. The van der Waals surface area contributed by atoms with Crippen molar-refractivity contribution in [3.05, 3.63) is 11.9 Å². The van der Waals surface area contributed by atoms with Gasteiger partial charge in [-0.15, -0.1) is 0 Å². The Morgan fingerprint density at radius 3 is 2.02 bits per heavy atom. The summed E-state index contributed by atoms with van der Waals surface area (Å²) in [4.78, 5) is 93.9. The Labute approximate surface area is 324 Å². The number of aliphatic hydroxyl groups excluding tert-OH is 1. The van der Waals surface area contributed by atoms with E-state index in [0.717, 1.165) is 6.20 Å². The molecule has 30 nitrogen and oxygen atoms in total. The summed E-state index contributed by atoms with van der Waals surface area (Å²) in [6.45, 7) is -1.36. The van der Waals surface area contributed by atoms with Crippen molar-refractivity contribution in [2.24, 2.45) is 33.7 Å². The van der Waals surface area contributed by atoms with Crippen LogP contribution in [0.5, 0.6) is 0 Å². The van der Waals surface area contributed by atoms with E-state index in [-0.39, 0.29) is 25.3 Å². The highest BCUT2D eigenvalue weighted by molar-refractivity contribution is 7.80. The van der Waals surface area contributed by atoms with Crippen LogP contribution in [0.15, 0.2) is 16.9 Å². The molecule has 0 aromatic rings. The normalized spacial score (nSPS) is 23.7. The summed E-state index contributed by atoms with van der Waals surface area (Å²) in [6, 6.07) is -8.54. The van der Waals surface area contributed by atoms with Crippen LogP contribution in [-0.2, 0) is 49.6 Å². The number of aliphatic hydroxyl groups is 1. The summed E-state index contributed by atoms with van der Waals surface area (Å²) < 4.78 is 63.2. The van der Waals surface area contributed by atoms with Crippen LogP contribution in [0.4, 0.5) is 4.79 Å². The summed E-state index contributed by atoms with van der Waals surface area (Å²) in [5.41, 5.74) is 27.6. The van der Waals surface area contributed by atoms with Gasteiger partial charge in [0.2, 0.25) is 29.5 Å². The SMILES string of the molecule is NCCC[C@H](N)CC(=O)NC[C@@H]1NC(=O)[C@H](CO)NC(=O)[C@@H](N)CNC(=O)[C@H]([C@H]2CCN=C(N)N2)NC(=O)/C(=C/NC(N)=O)NC1=O.O=S(=O)(O)O.O=S(=O)(O)O. The maximum absolute atomic E-state index is 13.5. The van der Waals surface area contributed by atoms with Crippen molar-refractivity contribution in [1.82, 2.24) is 42.5 Å². The number of hydrogen-bond donors (Lipinski definition) is 18. The first-order chi connectivity index (χ1) is 26.2. The van der Waals surface area contributed by atoms with Crippen LogP contribution in [0.3, 0.4) is 0 Å². The minimum atomic E-state index is -4.67. The standard InChI is InChI=1S/C25H44N14O8.2H2O4S/c26-4-1-2-11(27)6-17(41)32-8-14-20(43)35-15(9-34-25(30)47)21(44)39-18(13-3-5-31-24(29)38-13)23(46)33-7-12(28)19(42)37-16(10-40)22(45)36-14;2*1-5(2,3)4/h9,11-14,16,18,40H,1-8,10,26-28H2,(H,32,41)(H,33,46)(H,35,43)(H,36,45)(H,37,42)(H,39,44)(H3,29,31,38)(H3,30,34,47);2*(H2,1,2,3,4)/b15-9-;;/t11-,12-,13+,14-,16-,18-;;/m0../s1. The Hall–Kier alpha value is -5.32. The predicted molar refractivity (Wildman–Crippen MR) is 193 cm³/mol. The molecule has 0 aliphatic carbocycles. The molecule has 6 atom stereocenters. The average Bonchev–Trinajstić information content (AvgIpc) is 3.08. The van der Waals surface area contributed by atoms with E-state index in [9.17, 15) is 38.7 Å². The number of aliphatic imine (C=N–C) groups is 1. The van der Waals surface area contributed by atoms with Crippen LogP contribution in [0.1, 0.15) is 25.7 Å². The van der Waals surface area contributed by atoms with Crippen molar-refractivity contribution >= 4 is 68.2 Å². The van der Waals surface area contributed by atoms with Gasteiger partial charge in [0.15, 0.2) is 5.96 Å². The number of hydrogen-bond acceptors (Lipinski definition) is 18. The first kappa shape index (κ1) is 51.7. The lowest BCUT2D eigenvalue weighted by molar-refractivity contribution is -0.134. The van der Waals surface area contributed by atoms with Crippen LogP contribution in [-0.4, -0.2) is 157 Å². The van der Waals surface area contributed by atoms with Crippen molar-refractivity contribution in [2.45, 2.75) is 61.9 Å². The van der Waals surface area contributed by atoms with E-state index in [1.807, 2.05) is 5.32 Å². The molecule has 326 valence electrons. The molecule has 57 heavy (non-hydrogen) atoms. The zero-order valence-electron chi connectivity index (χ0n) is 29.8. The third kappa shape index (κ3) is 24.7. The Kier molecular flexibility index (Phi) is 22.7. The summed E-state index contributed by atoms with van der Waals surface area (Å²) in [7, 11) is -9.33. The summed E-state index contributed by atoms with van der Waals surface area (Å²) >= 11 is 0. The van der Waals surface area contributed by atoms with Gasteiger partial charge >= 0.3 is 26.8 Å². The molecule has 8 amide bonds. The molecule has 2 aliphatic heterocycles. The summed E-state index contributed by atoms with van der Waals surface area (Å²) in [5.74, 6) is -5.62. The monoisotopic (exact) mass is 864 g/mol. The first-order valence-corrected chi connectivity index (χ1v) is 18.9. The van der Waals surface area contributed by atoms with Crippen LogP contribution in [0.25, 0.3) is 0 Å². The van der Waals surface area contributed by atoms with Gasteiger partial charge in [-0.3, -0.25) is 52.0 Å². The van der Waals surface area contributed by atoms with E-state index in [4.69, 9.17) is 63.7 Å². The van der Waals surface area contributed by atoms with E-state index < -0.39 is 124 Å². The molecule has 0 aromatic heterocycles. The molecule has 0 spiro atoms. The summed E-state index contributed by atoms with van der Waals surface area (Å²) in [5, 5.41) is 28.7. The van der Waals surface area contributed by atoms with Gasteiger partial charge in [-0.2, -0.15) is 16.8 Å². The highest BCUT2D eigenvalue weighted by Gasteiger charge is 2.35. The molecule has 0 bridgehead atoms. The van der Waals surface area contributed by atoms with Gasteiger partial charge in [-0.1, -0.05) is 0 Å². The highest BCUT2D eigenvalue weighted by Crippen LogP contribution is 2.07. The molecule has 2 aliphatic rings. The number of carbonyl (C=O) groups excluding carboxylic acids is 7. The zero-order valence-corrected chi connectivity index (χ0v) is 31.4. The second-order valence-electron chi connectivity index (χ2n) is 11.6. The maximum atomic E-state index is 13.5. The fourth-order valence-corrected chi connectivity index (χ4v) is 4.35. The molecule has 1 saturated heterocycles. The van der Waals surface area contributed by atoms with Crippen LogP contribution in [0, 0.1) is 0 Å². The zero-order chi connectivity index (χ0) is 44.1. The van der Waals surface area contributed by atoms with E-state index in [1.165, 1.54) is 0 Å². The second-order valence-corrected chi connectivity index (χ2v) is 13.4. The van der Waals surface area contributed by atoms with Gasteiger partial charge in [-0.05, 0) is 25.8 Å². The van der Waals surface area contributed by atoms with Crippen molar-refractivity contribution in [1.29, 1.82) is 0 Å². The highest BCUT2D eigenvalue weighted by atomic mass is 32.3. The molecule has 0 unspecified atom stereocenters. The lowest BCUT2D eigenvalue weighted by Gasteiger charge is -2.31. The molecule has 0 aromatic carbocycles. The Morgan fingerprint density at radius 2 is 1.49 bits per heavy atom. The van der Waals surface area contributed by atoms with Gasteiger partial charge < -0.3 is 76.3 Å². The van der Waals surface area contributed by atoms with Crippen molar-refractivity contribution < 1.29 is 73.7 Å². The van der Waals surface area contributed by atoms with Crippen LogP contribution >= 0.6 is 0 Å². The number of amides is 8. The number of carbonyl (C=O) groups is 7. The quantitative estimate of drug-likeness (QED) is 0.0716. The molecule has 23 N–H and O–H groups in total. The number of nitrogens with zero attached hydrogens (tertiary/aromatic N) is 1. The maximum Gasteiger partial charge on any atom is 0.394 e. The van der Waals surface area contributed by atoms with E-state index in [0.29, 0.717) is 19.4 Å². The van der Waals surface area contributed by atoms with Gasteiger partial charge in [0, 0.05) is 38.3 Å². The lowest BCUT2D eigenvalue weighted by atomic mass is 10.0. The van der Waals surface area contributed by atoms with Crippen LogP contribution in [0.2, 0.25) is 0 Å².